The molecule has 4 rings (SSSR count). The van der Waals surface area contributed by atoms with Gasteiger partial charge in [0.15, 0.2) is 5.82 Å². The van der Waals surface area contributed by atoms with Crippen LogP contribution in [0.25, 0.3) is 10.6 Å². The minimum Gasteiger partial charge on any atom is -0.497 e. The predicted molar refractivity (Wildman–Crippen MR) is 105 cm³/mol. The number of benzene rings is 1. The van der Waals surface area contributed by atoms with Crippen molar-refractivity contribution in [1.82, 2.24) is 20.4 Å². The first-order chi connectivity index (χ1) is 13.6. The van der Waals surface area contributed by atoms with Gasteiger partial charge in [-0.25, -0.2) is 4.98 Å². The van der Waals surface area contributed by atoms with E-state index in [1.165, 1.54) is 11.3 Å². The lowest BCUT2D eigenvalue weighted by Crippen LogP contribution is -2.48. The Bertz CT molecular complexity index is 958. The van der Waals surface area contributed by atoms with Crippen LogP contribution in [0.2, 0.25) is 0 Å². The summed E-state index contributed by atoms with van der Waals surface area (Å²) in [5, 5.41) is 9.84. The number of hydrogen-bond donors (Lipinski definition) is 1. The lowest BCUT2D eigenvalue weighted by molar-refractivity contribution is 0.0851. The van der Waals surface area contributed by atoms with Gasteiger partial charge in [-0.05, 0) is 37.1 Å². The largest absolute Gasteiger partial charge is 0.497 e. The number of aryl methyl sites for hydroxylation is 1. The maximum Gasteiger partial charge on any atom is 0.271 e. The van der Waals surface area contributed by atoms with Crippen molar-refractivity contribution in [3.63, 3.8) is 0 Å². The van der Waals surface area contributed by atoms with Crippen molar-refractivity contribution in [2.24, 2.45) is 0 Å². The number of thiazole rings is 1. The molecule has 7 nitrogen and oxygen atoms in total. The van der Waals surface area contributed by atoms with Crippen LogP contribution in [-0.4, -0.2) is 28.1 Å². The molecule has 1 aromatic carbocycles. The highest BCUT2D eigenvalue weighted by molar-refractivity contribution is 7.13. The molecule has 1 fully saturated rings. The van der Waals surface area contributed by atoms with Gasteiger partial charge in [0, 0.05) is 17.9 Å². The van der Waals surface area contributed by atoms with Crippen molar-refractivity contribution < 1.29 is 14.1 Å². The van der Waals surface area contributed by atoms with Gasteiger partial charge in [0.2, 0.25) is 5.89 Å². The smallest absolute Gasteiger partial charge is 0.271 e. The number of amides is 1. The second-order valence-electron chi connectivity index (χ2n) is 7.00. The van der Waals surface area contributed by atoms with Crippen LogP contribution in [0.1, 0.15) is 54.3 Å². The van der Waals surface area contributed by atoms with E-state index in [4.69, 9.17) is 9.26 Å². The summed E-state index contributed by atoms with van der Waals surface area (Å²) in [4.78, 5) is 21.9. The second kappa shape index (κ2) is 7.71. The molecular formula is C20H22N4O3S. The first-order valence-electron chi connectivity index (χ1n) is 9.33. The van der Waals surface area contributed by atoms with Crippen LogP contribution in [-0.2, 0) is 5.54 Å². The number of hydrogen-bond acceptors (Lipinski definition) is 7. The topological polar surface area (TPSA) is 90.1 Å². The van der Waals surface area contributed by atoms with Gasteiger partial charge in [-0.2, -0.15) is 4.98 Å². The molecule has 0 saturated heterocycles. The molecule has 0 atom stereocenters. The highest BCUT2D eigenvalue weighted by Crippen LogP contribution is 2.36. The van der Waals surface area contributed by atoms with Crippen LogP contribution in [0.5, 0.6) is 5.75 Å². The van der Waals surface area contributed by atoms with Crippen LogP contribution in [0.15, 0.2) is 34.2 Å². The summed E-state index contributed by atoms with van der Waals surface area (Å²) < 4.78 is 10.4. The van der Waals surface area contributed by atoms with Crippen LogP contribution < -0.4 is 10.1 Å². The predicted octanol–water partition coefficient (Wildman–Crippen LogP) is 4.10. The highest BCUT2D eigenvalue weighted by atomic mass is 32.1. The summed E-state index contributed by atoms with van der Waals surface area (Å²) in [5.74, 6) is 1.64. The quantitative estimate of drug-likeness (QED) is 0.696. The number of carbonyl (C=O) groups excluding carboxylic acids is 1. The number of methoxy groups -OCH3 is 1. The Morgan fingerprint density at radius 1 is 1.18 bits per heavy atom. The molecule has 2 heterocycles. The Labute approximate surface area is 167 Å². The van der Waals surface area contributed by atoms with E-state index in [2.05, 4.69) is 20.4 Å². The third-order valence-electron chi connectivity index (χ3n) is 5.09. The maximum absolute atomic E-state index is 13.0. The van der Waals surface area contributed by atoms with E-state index < -0.39 is 5.54 Å². The standard InChI is InChI=1S/C20H22N4O3S/c1-13-21-19(24-27-13)20(10-4-3-5-11-20)23-17(25)16-12-28-18(22-16)14-6-8-15(26-2)9-7-14/h6-9,12H,3-5,10-11H2,1-2H3,(H,23,25). The Hall–Kier alpha value is -2.74. The first-order valence-corrected chi connectivity index (χ1v) is 10.2. The van der Waals surface area contributed by atoms with Gasteiger partial charge in [-0.15, -0.1) is 11.3 Å². The van der Waals surface area contributed by atoms with E-state index in [0.29, 0.717) is 17.4 Å². The van der Waals surface area contributed by atoms with Gasteiger partial charge in [0.05, 0.1) is 7.11 Å². The molecule has 3 aromatic rings. The maximum atomic E-state index is 13.0. The average Bonchev–Trinajstić information content (AvgIpc) is 3.38. The van der Waals surface area contributed by atoms with Crippen LogP contribution in [0.3, 0.4) is 0 Å². The van der Waals surface area contributed by atoms with Gasteiger partial charge in [-0.3, -0.25) is 4.79 Å². The molecule has 0 aliphatic heterocycles. The Kier molecular flexibility index (Phi) is 5.13. The van der Waals surface area contributed by atoms with Gasteiger partial charge in [0.25, 0.3) is 5.91 Å². The molecule has 28 heavy (non-hydrogen) atoms. The number of nitrogens with zero attached hydrogens (tertiary/aromatic N) is 3. The highest BCUT2D eigenvalue weighted by Gasteiger charge is 2.40. The third-order valence-corrected chi connectivity index (χ3v) is 5.98. The molecule has 0 bridgehead atoms. The lowest BCUT2D eigenvalue weighted by atomic mass is 9.81. The number of nitrogens with one attached hydrogen (secondary N) is 1. The van der Waals surface area contributed by atoms with Crippen molar-refractivity contribution in [3.05, 3.63) is 47.1 Å². The fourth-order valence-corrected chi connectivity index (χ4v) is 4.39. The number of ether oxygens (including phenoxy) is 1. The van der Waals surface area contributed by atoms with E-state index in [-0.39, 0.29) is 5.91 Å². The minimum absolute atomic E-state index is 0.208. The summed E-state index contributed by atoms with van der Waals surface area (Å²) in [7, 11) is 1.63. The second-order valence-corrected chi connectivity index (χ2v) is 7.86. The van der Waals surface area contributed by atoms with Crippen LogP contribution in [0.4, 0.5) is 0 Å². The molecule has 1 saturated carbocycles. The molecular weight excluding hydrogens is 376 g/mol. The molecule has 1 amide bonds. The monoisotopic (exact) mass is 398 g/mol. The van der Waals surface area contributed by atoms with E-state index in [1.807, 2.05) is 24.3 Å². The molecule has 1 aliphatic carbocycles. The fraction of sp³-hybridized carbons (Fsp3) is 0.400. The summed E-state index contributed by atoms with van der Waals surface area (Å²) >= 11 is 1.44. The van der Waals surface area contributed by atoms with E-state index in [9.17, 15) is 4.79 Å². The molecule has 1 N–H and O–H groups in total. The Morgan fingerprint density at radius 2 is 1.93 bits per heavy atom. The summed E-state index contributed by atoms with van der Waals surface area (Å²) in [5.41, 5.74) is 0.767. The van der Waals surface area contributed by atoms with Crippen molar-refractivity contribution >= 4 is 17.2 Å². The van der Waals surface area contributed by atoms with Gasteiger partial charge in [0.1, 0.15) is 22.0 Å². The van der Waals surface area contributed by atoms with Crippen LogP contribution >= 0.6 is 11.3 Å². The third kappa shape index (κ3) is 3.64. The Morgan fingerprint density at radius 3 is 2.57 bits per heavy atom. The Balaban J connectivity index is 1.56. The molecule has 2 aromatic heterocycles. The number of rotatable bonds is 5. The van der Waals surface area contributed by atoms with Crippen molar-refractivity contribution in [2.45, 2.75) is 44.6 Å². The van der Waals surface area contributed by atoms with E-state index in [0.717, 1.165) is 48.4 Å². The lowest BCUT2D eigenvalue weighted by Gasteiger charge is -2.35. The average molecular weight is 398 g/mol. The van der Waals surface area contributed by atoms with Gasteiger partial charge in [-0.1, -0.05) is 24.4 Å². The van der Waals surface area contributed by atoms with Gasteiger partial charge < -0.3 is 14.6 Å². The van der Waals surface area contributed by atoms with Gasteiger partial charge >= 0.3 is 0 Å². The van der Waals surface area contributed by atoms with Crippen LogP contribution in [0, 0.1) is 6.92 Å². The molecule has 0 spiro atoms. The molecule has 146 valence electrons. The number of aromatic nitrogens is 3. The molecule has 0 unspecified atom stereocenters. The van der Waals surface area contributed by atoms with Crippen molar-refractivity contribution in [3.8, 4) is 16.3 Å². The summed E-state index contributed by atoms with van der Waals surface area (Å²) in [6, 6.07) is 7.63. The normalized spacial score (nSPS) is 15.9. The zero-order chi connectivity index (χ0) is 19.6. The summed E-state index contributed by atoms with van der Waals surface area (Å²) in [6.45, 7) is 1.76. The van der Waals surface area contributed by atoms with E-state index >= 15 is 0 Å². The van der Waals surface area contributed by atoms with Crippen molar-refractivity contribution in [1.29, 1.82) is 0 Å². The fourth-order valence-electron chi connectivity index (χ4n) is 3.58. The molecule has 0 radical (unpaired) electrons. The minimum atomic E-state index is -0.586. The molecule has 1 aliphatic rings. The summed E-state index contributed by atoms with van der Waals surface area (Å²) in [6.07, 6.45) is 4.78. The molecule has 8 heteroatoms. The SMILES string of the molecule is COc1ccc(-c2nc(C(=O)NC3(c4noc(C)n4)CCCCC3)cs2)cc1. The zero-order valence-electron chi connectivity index (χ0n) is 15.9. The number of carbonyl (C=O) groups is 1. The zero-order valence-corrected chi connectivity index (χ0v) is 16.7. The van der Waals surface area contributed by atoms with Crippen molar-refractivity contribution in [2.75, 3.05) is 7.11 Å². The van der Waals surface area contributed by atoms with E-state index in [1.54, 1.807) is 19.4 Å². The first kappa shape index (κ1) is 18.6.